The van der Waals surface area contributed by atoms with Crippen LogP contribution in [0.3, 0.4) is 0 Å². The molecule has 2 heterocycles. The number of aromatic carboxylic acids is 1. The number of hydrogen-bond donors (Lipinski definition) is 3. The molecule has 0 radical (unpaired) electrons. The Balaban J connectivity index is 1.71. The van der Waals surface area contributed by atoms with Crippen molar-refractivity contribution in [2.45, 2.75) is 12.1 Å². The summed E-state index contributed by atoms with van der Waals surface area (Å²) in [5.41, 5.74) is 1.20. The molecule has 0 spiro atoms. The molecule has 3 N–H and O–H groups in total. The molecule has 0 saturated carbocycles. The van der Waals surface area contributed by atoms with Gasteiger partial charge in [0.2, 0.25) is 5.91 Å². The number of thiophene rings is 1. The Kier molecular flexibility index (Phi) is 4.86. The van der Waals surface area contributed by atoms with Gasteiger partial charge in [0.05, 0.1) is 16.7 Å². The van der Waals surface area contributed by atoms with Gasteiger partial charge in [-0.05, 0) is 19.1 Å². The first kappa shape index (κ1) is 17.2. The number of carbonyl (C=O) groups is 2. The van der Waals surface area contributed by atoms with Crippen molar-refractivity contribution in [1.82, 2.24) is 9.97 Å². The second-order valence-corrected chi connectivity index (χ2v) is 7.03. The molecule has 3 rings (SSSR count). The fraction of sp³-hybridized carbons (Fsp3) is 0.125. The van der Waals surface area contributed by atoms with Crippen molar-refractivity contribution in [1.29, 1.82) is 0 Å². The minimum Gasteiger partial charge on any atom is -0.478 e. The van der Waals surface area contributed by atoms with Crippen LogP contribution in [0.1, 0.15) is 15.9 Å². The van der Waals surface area contributed by atoms with Crippen LogP contribution in [0.25, 0.3) is 10.2 Å². The van der Waals surface area contributed by atoms with E-state index in [1.54, 1.807) is 0 Å². The maximum absolute atomic E-state index is 12.1. The van der Waals surface area contributed by atoms with Gasteiger partial charge in [0, 0.05) is 11.1 Å². The highest BCUT2D eigenvalue weighted by atomic mass is 32.2. The molecule has 9 heteroatoms. The third-order valence-electron chi connectivity index (χ3n) is 3.33. The van der Waals surface area contributed by atoms with Crippen LogP contribution in [-0.2, 0) is 4.79 Å². The monoisotopic (exact) mass is 375 g/mol. The molecule has 0 saturated heterocycles. The predicted octanol–water partition coefficient (Wildman–Crippen LogP) is 2.72. The lowest BCUT2D eigenvalue weighted by Crippen LogP contribution is -2.15. The largest absolute Gasteiger partial charge is 0.478 e. The number of benzene rings is 1. The zero-order valence-corrected chi connectivity index (χ0v) is 14.7. The van der Waals surface area contributed by atoms with E-state index in [1.165, 1.54) is 5.38 Å². The van der Waals surface area contributed by atoms with Crippen LogP contribution in [0.4, 0.5) is 5.69 Å². The number of nitrogens with one attached hydrogen (secondary N) is 2. The molecule has 0 aliphatic rings. The number of anilines is 1. The normalized spacial score (nSPS) is 10.8. The van der Waals surface area contributed by atoms with Crippen molar-refractivity contribution in [3.8, 4) is 0 Å². The molecule has 0 atom stereocenters. The highest BCUT2D eigenvalue weighted by Gasteiger charge is 2.16. The molecule has 0 unspecified atom stereocenters. The smallest absolute Gasteiger partial charge is 0.337 e. The van der Waals surface area contributed by atoms with Gasteiger partial charge in [-0.3, -0.25) is 9.59 Å². The summed E-state index contributed by atoms with van der Waals surface area (Å²) in [6.07, 6.45) is 0. The number of aromatic amines is 1. The summed E-state index contributed by atoms with van der Waals surface area (Å²) in [4.78, 5) is 42.2. The molecule has 0 fully saturated rings. The van der Waals surface area contributed by atoms with Gasteiger partial charge in [0.1, 0.15) is 4.83 Å². The highest BCUT2D eigenvalue weighted by molar-refractivity contribution is 7.99. The number of carboxylic acids is 1. The lowest BCUT2D eigenvalue weighted by Gasteiger charge is -2.05. The molecule has 2 aromatic heterocycles. The summed E-state index contributed by atoms with van der Waals surface area (Å²) in [6, 6.07) is 7.41. The SMILES string of the molecule is Cc1ccc(NC(=O)CSc2nc3scc(C(=O)O)c3c(=O)[nH]2)cc1. The van der Waals surface area contributed by atoms with Crippen LogP contribution < -0.4 is 10.9 Å². The lowest BCUT2D eigenvalue weighted by molar-refractivity contribution is -0.113. The van der Waals surface area contributed by atoms with E-state index in [2.05, 4.69) is 15.3 Å². The van der Waals surface area contributed by atoms with Crippen molar-refractivity contribution in [3.05, 3.63) is 51.1 Å². The Bertz CT molecular complexity index is 1010. The fourth-order valence-electron chi connectivity index (χ4n) is 2.12. The molecular weight excluding hydrogens is 362 g/mol. The van der Waals surface area contributed by atoms with Crippen molar-refractivity contribution in [2.24, 2.45) is 0 Å². The predicted molar refractivity (Wildman–Crippen MR) is 97.7 cm³/mol. The Labute approximate surface area is 150 Å². The number of rotatable bonds is 5. The number of amides is 1. The summed E-state index contributed by atoms with van der Waals surface area (Å²) in [6.45, 7) is 1.96. The van der Waals surface area contributed by atoms with E-state index >= 15 is 0 Å². The van der Waals surface area contributed by atoms with Crippen molar-refractivity contribution >= 4 is 50.9 Å². The number of aromatic nitrogens is 2. The molecular formula is C16H13N3O4S2. The molecule has 0 bridgehead atoms. The second kappa shape index (κ2) is 7.08. The zero-order chi connectivity index (χ0) is 18.0. The number of nitrogens with zero attached hydrogens (tertiary/aromatic N) is 1. The van der Waals surface area contributed by atoms with Gasteiger partial charge >= 0.3 is 5.97 Å². The van der Waals surface area contributed by atoms with E-state index in [-0.39, 0.29) is 27.8 Å². The molecule has 128 valence electrons. The number of H-pyrrole nitrogens is 1. The van der Waals surface area contributed by atoms with Crippen LogP contribution in [0, 0.1) is 6.92 Å². The minimum atomic E-state index is -1.17. The van der Waals surface area contributed by atoms with Gasteiger partial charge in [-0.15, -0.1) is 11.3 Å². The number of thioether (sulfide) groups is 1. The summed E-state index contributed by atoms with van der Waals surface area (Å²) in [7, 11) is 0. The Morgan fingerprint density at radius 1 is 1.32 bits per heavy atom. The molecule has 1 amide bonds. The number of carboxylic acid groups (broad SMARTS) is 1. The van der Waals surface area contributed by atoms with Gasteiger partial charge < -0.3 is 15.4 Å². The van der Waals surface area contributed by atoms with Crippen LogP contribution in [0.2, 0.25) is 0 Å². The summed E-state index contributed by atoms with van der Waals surface area (Å²) >= 11 is 2.16. The van der Waals surface area contributed by atoms with Gasteiger partial charge in [0.15, 0.2) is 5.16 Å². The quantitative estimate of drug-likeness (QED) is 0.467. The molecule has 0 aliphatic heterocycles. The molecule has 7 nitrogen and oxygen atoms in total. The Morgan fingerprint density at radius 3 is 2.72 bits per heavy atom. The van der Waals surface area contributed by atoms with E-state index in [1.807, 2.05) is 31.2 Å². The topological polar surface area (TPSA) is 112 Å². The van der Waals surface area contributed by atoms with Crippen LogP contribution in [0.5, 0.6) is 0 Å². The van der Waals surface area contributed by atoms with Gasteiger partial charge in [-0.25, -0.2) is 9.78 Å². The minimum absolute atomic E-state index is 0.0611. The Morgan fingerprint density at radius 2 is 2.04 bits per heavy atom. The maximum atomic E-state index is 12.1. The van der Waals surface area contributed by atoms with Gasteiger partial charge in [-0.2, -0.15) is 0 Å². The third kappa shape index (κ3) is 3.89. The Hall–Kier alpha value is -2.65. The first-order chi connectivity index (χ1) is 11.9. The van der Waals surface area contributed by atoms with Crippen molar-refractivity contribution in [2.75, 3.05) is 11.1 Å². The highest BCUT2D eigenvalue weighted by Crippen LogP contribution is 2.23. The van der Waals surface area contributed by atoms with Crippen molar-refractivity contribution in [3.63, 3.8) is 0 Å². The van der Waals surface area contributed by atoms with E-state index in [9.17, 15) is 14.4 Å². The van der Waals surface area contributed by atoms with E-state index in [0.717, 1.165) is 28.7 Å². The van der Waals surface area contributed by atoms with Crippen LogP contribution in [-0.4, -0.2) is 32.7 Å². The maximum Gasteiger partial charge on any atom is 0.337 e. The van der Waals surface area contributed by atoms with E-state index < -0.39 is 11.5 Å². The second-order valence-electron chi connectivity index (χ2n) is 5.21. The van der Waals surface area contributed by atoms with E-state index in [4.69, 9.17) is 5.11 Å². The lowest BCUT2D eigenvalue weighted by atomic mass is 10.2. The zero-order valence-electron chi connectivity index (χ0n) is 13.0. The molecule has 25 heavy (non-hydrogen) atoms. The van der Waals surface area contributed by atoms with E-state index in [0.29, 0.717) is 10.5 Å². The van der Waals surface area contributed by atoms with Gasteiger partial charge in [0.25, 0.3) is 5.56 Å². The fourth-order valence-corrected chi connectivity index (χ4v) is 3.75. The molecule has 1 aromatic carbocycles. The average Bonchev–Trinajstić information content (AvgIpc) is 3.00. The van der Waals surface area contributed by atoms with Crippen LogP contribution in [0.15, 0.2) is 39.6 Å². The van der Waals surface area contributed by atoms with Gasteiger partial charge in [-0.1, -0.05) is 29.5 Å². The van der Waals surface area contributed by atoms with Crippen molar-refractivity contribution < 1.29 is 14.7 Å². The average molecular weight is 375 g/mol. The molecule has 0 aliphatic carbocycles. The summed E-state index contributed by atoms with van der Waals surface area (Å²) in [5.74, 6) is -1.33. The summed E-state index contributed by atoms with van der Waals surface area (Å²) < 4.78 is 0. The summed E-state index contributed by atoms with van der Waals surface area (Å²) in [5, 5.41) is 13.5. The first-order valence-electron chi connectivity index (χ1n) is 7.18. The number of fused-ring (bicyclic) bond motifs is 1. The molecule has 3 aromatic rings. The van der Waals surface area contributed by atoms with Crippen LogP contribution >= 0.6 is 23.1 Å². The number of aryl methyl sites for hydroxylation is 1. The standard InChI is InChI=1S/C16H13N3O4S2/c1-8-2-4-9(5-3-8)17-11(20)7-25-16-18-13(21)12-10(15(22)23)6-24-14(12)19-16/h2-6H,7H2,1H3,(H,17,20)(H,22,23)(H,18,19,21). The first-order valence-corrected chi connectivity index (χ1v) is 9.04. The number of carbonyl (C=O) groups excluding carboxylic acids is 1. The number of hydrogen-bond acceptors (Lipinski definition) is 6. The third-order valence-corrected chi connectivity index (χ3v) is 5.07.